The third-order valence-corrected chi connectivity index (χ3v) is 4.28. The predicted molar refractivity (Wildman–Crippen MR) is 74.6 cm³/mol. The van der Waals surface area contributed by atoms with Crippen molar-refractivity contribution in [2.75, 3.05) is 7.05 Å². The van der Waals surface area contributed by atoms with E-state index in [1.54, 1.807) is 0 Å². The highest BCUT2D eigenvalue weighted by atomic mass is 16.3. The molecule has 1 aromatic carbocycles. The van der Waals surface area contributed by atoms with Crippen LogP contribution in [-0.2, 0) is 0 Å². The molecule has 18 heavy (non-hydrogen) atoms. The van der Waals surface area contributed by atoms with Crippen molar-refractivity contribution in [1.82, 2.24) is 5.32 Å². The number of nitrogens with one attached hydrogen (secondary N) is 1. The molecule has 1 fully saturated rings. The SMILES string of the molecule is CNC(CC1CCCC1)c1coc2ccccc12. The minimum atomic E-state index is 0.428. The summed E-state index contributed by atoms with van der Waals surface area (Å²) in [5.41, 5.74) is 2.32. The van der Waals surface area contributed by atoms with E-state index in [0.29, 0.717) is 6.04 Å². The molecule has 2 heteroatoms. The number of rotatable bonds is 4. The second-order valence-corrected chi connectivity index (χ2v) is 5.41. The van der Waals surface area contributed by atoms with Gasteiger partial charge in [0, 0.05) is 17.0 Å². The van der Waals surface area contributed by atoms with Crippen molar-refractivity contribution in [1.29, 1.82) is 0 Å². The van der Waals surface area contributed by atoms with E-state index in [4.69, 9.17) is 4.42 Å². The Morgan fingerprint density at radius 1 is 1.28 bits per heavy atom. The molecule has 1 N–H and O–H groups in total. The van der Waals surface area contributed by atoms with Crippen molar-refractivity contribution in [2.45, 2.75) is 38.1 Å². The summed E-state index contributed by atoms with van der Waals surface area (Å²) >= 11 is 0. The molecule has 1 aromatic heterocycles. The lowest BCUT2D eigenvalue weighted by Gasteiger charge is -2.19. The van der Waals surface area contributed by atoms with E-state index in [-0.39, 0.29) is 0 Å². The standard InChI is InChI=1S/C16H21NO/c1-17-15(10-12-6-2-3-7-12)14-11-18-16-9-5-4-8-13(14)16/h4-5,8-9,11-12,15,17H,2-3,6-7,10H2,1H3. The summed E-state index contributed by atoms with van der Waals surface area (Å²) in [6, 6.07) is 8.75. The van der Waals surface area contributed by atoms with Gasteiger partial charge in [-0.2, -0.15) is 0 Å². The number of hydrogen-bond acceptors (Lipinski definition) is 2. The molecule has 1 aliphatic rings. The van der Waals surface area contributed by atoms with Gasteiger partial charge in [0.25, 0.3) is 0 Å². The second kappa shape index (κ2) is 5.15. The van der Waals surface area contributed by atoms with E-state index in [1.165, 1.54) is 43.1 Å². The Hall–Kier alpha value is -1.28. The van der Waals surface area contributed by atoms with Crippen LogP contribution in [0, 0.1) is 5.92 Å². The molecule has 3 rings (SSSR count). The predicted octanol–water partition coefficient (Wildman–Crippen LogP) is 4.27. The van der Waals surface area contributed by atoms with Crippen molar-refractivity contribution >= 4 is 11.0 Å². The van der Waals surface area contributed by atoms with Gasteiger partial charge in [-0.3, -0.25) is 0 Å². The highest BCUT2D eigenvalue weighted by Gasteiger charge is 2.22. The van der Waals surface area contributed by atoms with Crippen molar-refractivity contribution in [2.24, 2.45) is 5.92 Å². The van der Waals surface area contributed by atoms with Crippen LogP contribution in [-0.4, -0.2) is 7.05 Å². The first-order valence-electron chi connectivity index (χ1n) is 7.02. The minimum absolute atomic E-state index is 0.428. The molecule has 0 bridgehead atoms. The first-order valence-corrected chi connectivity index (χ1v) is 7.02. The minimum Gasteiger partial charge on any atom is -0.464 e. The molecule has 1 saturated carbocycles. The van der Waals surface area contributed by atoms with E-state index in [9.17, 15) is 0 Å². The average Bonchev–Trinajstić information content (AvgIpc) is 3.05. The van der Waals surface area contributed by atoms with E-state index >= 15 is 0 Å². The molecule has 1 unspecified atom stereocenters. The first kappa shape index (κ1) is 11.8. The summed E-state index contributed by atoms with van der Waals surface area (Å²) in [6.45, 7) is 0. The van der Waals surface area contributed by atoms with Gasteiger partial charge in [0.1, 0.15) is 5.58 Å². The summed E-state index contributed by atoms with van der Waals surface area (Å²) in [5, 5.41) is 4.72. The van der Waals surface area contributed by atoms with Crippen LogP contribution in [0.3, 0.4) is 0 Å². The molecule has 1 atom stereocenters. The fourth-order valence-electron chi connectivity index (χ4n) is 3.25. The van der Waals surface area contributed by atoms with E-state index in [0.717, 1.165) is 11.5 Å². The van der Waals surface area contributed by atoms with Gasteiger partial charge in [-0.25, -0.2) is 0 Å². The third-order valence-electron chi connectivity index (χ3n) is 4.28. The molecule has 2 aromatic rings. The fourth-order valence-corrected chi connectivity index (χ4v) is 3.25. The molecule has 0 aliphatic heterocycles. The van der Waals surface area contributed by atoms with Crippen LogP contribution in [0.5, 0.6) is 0 Å². The van der Waals surface area contributed by atoms with Gasteiger partial charge in [-0.15, -0.1) is 0 Å². The number of para-hydroxylation sites is 1. The van der Waals surface area contributed by atoms with Crippen molar-refractivity contribution in [3.63, 3.8) is 0 Å². The number of furan rings is 1. The average molecular weight is 243 g/mol. The Bertz CT molecular complexity index is 511. The van der Waals surface area contributed by atoms with Gasteiger partial charge in [-0.1, -0.05) is 43.9 Å². The molecule has 2 nitrogen and oxygen atoms in total. The summed E-state index contributed by atoms with van der Waals surface area (Å²) < 4.78 is 5.66. The van der Waals surface area contributed by atoms with Crippen LogP contribution < -0.4 is 5.32 Å². The zero-order valence-electron chi connectivity index (χ0n) is 11.0. The molecule has 0 radical (unpaired) electrons. The van der Waals surface area contributed by atoms with Gasteiger partial charge < -0.3 is 9.73 Å². The van der Waals surface area contributed by atoms with Gasteiger partial charge >= 0.3 is 0 Å². The summed E-state index contributed by atoms with van der Waals surface area (Å²) in [4.78, 5) is 0. The van der Waals surface area contributed by atoms with E-state index in [1.807, 2.05) is 18.4 Å². The molecule has 0 saturated heterocycles. The third kappa shape index (κ3) is 2.17. The van der Waals surface area contributed by atoms with Gasteiger partial charge in [0.2, 0.25) is 0 Å². The van der Waals surface area contributed by atoms with E-state index < -0.39 is 0 Å². The Morgan fingerprint density at radius 3 is 2.83 bits per heavy atom. The maximum atomic E-state index is 5.66. The summed E-state index contributed by atoms with van der Waals surface area (Å²) in [5.74, 6) is 0.885. The molecule has 0 spiro atoms. The van der Waals surface area contributed by atoms with E-state index in [2.05, 4.69) is 24.5 Å². The Labute approximate surface area is 108 Å². The van der Waals surface area contributed by atoms with Gasteiger partial charge in [-0.05, 0) is 25.5 Å². The van der Waals surface area contributed by atoms with Crippen LogP contribution in [0.4, 0.5) is 0 Å². The van der Waals surface area contributed by atoms with Gasteiger partial charge in [0.15, 0.2) is 0 Å². The second-order valence-electron chi connectivity index (χ2n) is 5.41. The normalized spacial score (nSPS) is 18.5. The molecular formula is C16H21NO. The molecule has 1 heterocycles. The maximum Gasteiger partial charge on any atom is 0.134 e. The highest BCUT2D eigenvalue weighted by Crippen LogP contribution is 2.35. The Morgan fingerprint density at radius 2 is 2.06 bits per heavy atom. The quantitative estimate of drug-likeness (QED) is 0.867. The zero-order chi connectivity index (χ0) is 12.4. The Balaban J connectivity index is 1.86. The van der Waals surface area contributed by atoms with Crippen molar-refractivity contribution in [3.05, 3.63) is 36.1 Å². The van der Waals surface area contributed by atoms with Crippen molar-refractivity contribution in [3.8, 4) is 0 Å². The van der Waals surface area contributed by atoms with Crippen LogP contribution >= 0.6 is 0 Å². The zero-order valence-corrected chi connectivity index (χ0v) is 11.0. The van der Waals surface area contributed by atoms with Crippen LogP contribution in [0.25, 0.3) is 11.0 Å². The smallest absolute Gasteiger partial charge is 0.134 e. The molecule has 96 valence electrons. The van der Waals surface area contributed by atoms with Crippen LogP contribution in [0.15, 0.2) is 34.9 Å². The lowest BCUT2D eigenvalue weighted by atomic mass is 9.93. The monoisotopic (exact) mass is 243 g/mol. The van der Waals surface area contributed by atoms with Gasteiger partial charge in [0.05, 0.1) is 6.26 Å². The largest absolute Gasteiger partial charge is 0.464 e. The molecule has 1 aliphatic carbocycles. The lowest BCUT2D eigenvalue weighted by molar-refractivity contribution is 0.412. The van der Waals surface area contributed by atoms with Crippen molar-refractivity contribution < 1.29 is 4.42 Å². The number of hydrogen-bond donors (Lipinski definition) is 1. The highest BCUT2D eigenvalue weighted by molar-refractivity contribution is 5.81. The lowest BCUT2D eigenvalue weighted by Crippen LogP contribution is -2.18. The van der Waals surface area contributed by atoms with Crippen LogP contribution in [0.2, 0.25) is 0 Å². The summed E-state index contributed by atoms with van der Waals surface area (Å²) in [6.07, 6.45) is 8.78. The number of benzene rings is 1. The maximum absolute atomic E-state index is 5.66. The topological polar surface area (TPSA) is 25.2 Å². The summed E-state index contributed by atoms with van der Waals surface area (Å²) in [7, 11) is 2.06. The fraction of sp³-hybridized carbons (Fsp3) is 0.500. The molecule has 0 amide bonds. The molecular weight excluding hydrogens is 222 g/mol. The van der Waals surface area contributed by atoms with Crippen LogP contribution in [0.1, 0.15) is 43.7 Å². The Kier molecular flexibility index (Phi) is 3.37. The number of fused-ring (bicyclic) bond motifs is 1. The first-order chi connectivity index (χ1) is 8.88.